The van der Waals surface area contributed by atoms with Crippen LogP contribution in [0.25, 0.3) is 21.5 Å². The second-order valence-corrected chi connectivity index (χ2v) is 11.2. The lowest BCUT2D eigenvalue weighted by atomic mass is 9.93. The zero-order valence-corrected chi connectivity index (χ0v) is 21.2. The molecule has 1 atom stereocenters. The first-order chi connectivity index (χ1) is 17.1. The van der Waals surface area contributed by atoms with E-state index in [1.807, 2.05) is 18.2 Å². The van der Waals surface area contributed by atoms with Crippen molar-refractivity contribution in [2.45, 2.75) is 45.3 Å². The highest BCUT2D eigenvalue weighted by atomic mass is 32.1. The minimum atomic E-state index is 0.0794. The molecule has 0 amide bonds. The average molecular weight is 499 g/mol. The number of benzene rings is 2. The molecule has 35 heavy (non-hydrogen) atoms. The van der Waals surface area contributed by atoms with E-state index in [-0.39, 0.29) is 5.56 Å². The number of nitrogens with one attached hydrogen (secondary N) is 1. The van der Waals surface area contributed by atoms with Gasteiger partial charge in [-0.15, -0.1) is 22.7 Å². The van der Waals surface area contributed by atoms with E-state index >= 15 is 0 Å². The van der Waals surface area contributed by atoms with E-state index in [2.05, 4.69) is 59.0 Å². The Kier molecular flexibility index (Phi) is 6.06. The lowest BCUT2D eigenvalue weighted by Crippen LogP contribution is -2.33. The lowest BCUT2D eigenvalue weighted by molar-refractivity contribution is 0.462. The first-order valence-electron chi connectivity index (χ1n) is 11.9. The van der Waals surface area contributed by atoms with Crippen LogP contribution >= 0.6 is 22.7 Å². The summed E-state index contributed by atoms with van der Waals surface area (Å²) in [5.74, 6) is 0. The molecule has 1 N–H and O–H groups in total. The third-order valence-corrected chi connectivity index (χ3v) is 8.68. The van der Waals surface area contributed by atoms with Crippen LogP contribution in [0.5, 0.6) is 0 Å². The van der Waals surface area contributed by atoms with Crippen LogP contribution in [0.3, 0.4) is 0 Å². The Bertz CT molecular complexity index is 1530. The molecular weight excluding hydrogens is 472 g/mol. The number of aryl methyl sites for hydroxylation is 2. The molecule has 176 valence electrons. The molecule has 0 aliphatic heterocycles. The Morgan fingerprint density at radius 1 is 1.11 bits per heavy atom. The number of fused-ring (bicyclic) bond motifs is 3. The summed E-state index contributed by atoms with van der Waals surface area (Å²) in [4.78, 5) is 25.0. The maximum Gasteiger partial charge on any atom is 0.262 e. The molecule has 7 heteroatoms. The van der Waals surface area contributed by atoms with E-state index in [0.29, 0.717) is 12.6 Å². The molecule has 6 rings (SSSR count). The number of hydrogen-bond acceptors (Lipinski definition) is 6. The van der Waals surface area contributed by atoms with Crippen LogP contribution < -0.4 is 10.9 Å². The van der Waals surface area contributed by atoms with Crippen molar-refractivity contribution < 1.29 is 0 Å². The predicted molar refractivity (Wildman–Crippen MR) is 144 cm³/mol. The number of thiophene rings is 1. The summed E-state index contributed by atoms with van der Waals surface area (Å²) < 4.78 is 1.75. The van der Waals surface area contributed by atoms with Gasteiger partial charge in [0.1, 0.15) is 9.84 Å². The molecule has 1 aliphatic rings. The summed E-state index contributed by atoms with van der Waals surface area (Å²) in [6.07, 6.45) is 4.56. The highest BCUT2D eigenvalue weighted by molar-refractivity contribution is 7.18. The topological polar surface area (TPSA) is 59.8 Å². The molecular formula is C28H26N4OS2. The molecule has 2 aromatic carbocycles. The molecule has 5 aromatic rings. The zero-order chi connectivity index (χ0) is 23.8. The van der Waals surface area contributed by atoms with Crippen molar-refractivity contribution in [1.29, 1.82) is 0 Å². The number of aromatic nitrogens is 3. The number of hydrogen-bond donors (Lipinski definition) is 1. The van der Waals surface area contributed by atoms with Gasteiger partial charge in [0, 0.05) is 28.4 Å². The summed E-state index contributed by atoms with van der Waals surface area (Å²) in [7, 11) is 0. The Balaban J connectivity index is 1.16. The summed E-state index contributed by atoms with van der Waals surface area (Å²) in [5.41, 5.74) is 5.81. The van der Waals surface area contributed by atoms with Crippen LogP contribution in [0.4, 0.5) is 0 Å². The Labute approximate surface area is 212 Å². The molecule has 0 spiro atoms. The second kappa shape index (κ2) is 9.49. The second-order valence-electron chi connectivity index (χ2n) is 9.16. The van der Waals surface area contributed by atoms with Crippen LogP contribution in [0.2, 0.25) is 0 Å². The Morgan fingerprint density at radius 3 is 2.77 bits per heavy atom. The lowest BCUT2D eigenvalue weighted by Gasteiger charge is -2.23. The van der Waals surface area contributed by atoms with Gasteiger partial charge in [-0.3, -0.25) is 9.36 Å². The van der Waals surface area contributed by atoms with Crippen molar-refractivity contribution in [3.8, 4) is 11.3 Å². The van der Waals surface area contributed by atoms with Gasteiger partial charge in [0.15, 0.2) is 0 Å². The van der Waals surface area contributed by atoms with Gasteiger partial charge in [0.25, 0.3) is 5.56 Å². The normalized spacial score (nSPS) is 15.4. The van der Waals surface area contributed by atoms with Crippen molar-refractivity contribution in [3.05, 3.63) is 103 Å². The highest BCUT2D eigenvalue weighted by Crippen LogP contribution is 2.34. The molecule has 1 aliphatic carbocycles. The molecule has 3 heterocycles. The summed E-state index contributed by atoms with van der Waals surface area (Å²) in [6, 6.07) is 19.0. The van der Waals surface area contributed by atoms with Crippen molar-refractivity contribution in [2.75, 3.05) is 0 Å². The van der Waals surface area contributed by atoms with Gasteiger partial charge in [0.05, 0.1) is 24.0 Å². The van der Waals surface area contributed by atoms with Crippen molar-refractivity contribution >= 4 is 32.9 Å². The average Bonchev–Trinajstić information content (AvgIpc) is 3.51. The standard InChI is InChI=1S/C28H26N4OS2/c1-18-7-9-19(10-8-18)15-32-17-30-27-26(28(32)33)22-12-11-21(13-24(22)35-27)29-14-25-31-23(16-34-25)20-5-3-2-4-6-20/h2-10,16-17,21,29H,11-15H2,1H3/t21-/m0/s1. The molecule has 0 bridgehead atoms. The van der Waals surface area contributed by atoms with Gasteiger partial charge >= 0.3 is 0 Å². The van der Waals surface area contributed by atoms with E-state index < -0.39 is 0 Å². The predicted octanol–water partition coefficient (Wildman–Crippen LogP) is 5.59. The molecule has 3 aromatic heterocycles. The van der Waals surface area contributed by atoms with E-state index in [0.717, 1.165) is 57.9 Å². The molecule has 0 saturated carbocycles. The zero-order valence-electron chi connectivity index (χ0n) is 19.5. The van der Waals surface area contributed by atoms with E-state index in [9.17, 15) is 4.79 Å². The van der Waals surface area contributed by atoms with Gasteiger partial charge < -0.3 is 5.32 Å². The summed E-state index contributed by atoms with van der Waals surface area (Å²) in [5, 5.41) is 7.76. The van der Waals surface area contributed by atoms with Crippen LogP contribution in [-0.4, -0.2) is 20.6 Å². The molecule has 0 fully saturated rings. The van der Waals surface area contributed by atoms with Crippen LogP contribution in [0.15, 0.2) is 71.1 Å². The Hall–Kier alpha value is -3.13. The quantitative estimate of drug-likeness (QED) is 0.332. The SMILES string of the molecule is Cc1ccc(Cn2cnc3sc4c(c3c2=O)CC[C@H](NCc2nc(-c3ccccc3)cs2)C4)cc1. The largest absolute Gasteiger partial charge is 0.307 e. The molecule has 5 nitrogen and oxygen atoms in total. The first kappa shape index (κ1) is 22.3. The molecule has 0 saturated heterocycles. The molecule has 0 unspecified atom stereocenters. The fraction of sp³-hybridized carbons (Fsp3) is 0.250. The van der Waals surface area contributed by atoms with Gasteiger partial charge in [-0.2, -0.15) is 0 Å². The van der Waals surface area contributed by atoms with E-state index in [1.54, 1.807) is 33.6 Å². The van der Waals surface area contributed by atoms with E-state index in [1.165, 1.54) is 16.0 Å². The maximum absolute atomic E-state index is 13.4. The smallest absolute Gasteiger partial charge is 0.262 e. The Morgan fingerprint density at radius 2 is 1.94 bits per heavy atom. The van der Waals surface area contributed by atoms with Gasteiger partial charge in [-0.05, 0) is 37.3 Å². The number of rotatable bonds is 6. The van der Waals surface area contributed by atoms with Crippen molar-refractivity contribution in [1.82, 2.24) is 19.9 Å². The van der Waals surface area contributed by atoms with Gasteiger partial charge in [-0.1, -0.05) is 60.2 Å². The van der Waals surface area contributed by atoms with Crippen LogP contribution in [0.1, 0.15) is 33.0 Å². The van der Waals surface area contributed by atoms with Crippen LogP contribution in [-0.2, 0) is 25.9 Å². The van der Waals surface area contributed by atoms with Gasteiger partial charge in [0.2, 0.25) is 0 Å². The minimum absolute atomic E-state index is 0.0794. The van der Waals surface area contributed by atoms with Crippen molar-refractivity contribution in [2.24, 2.45) is 0 Å². The number of thiazole rings is 1. The highest BCUT2D eigenvalue weighted by Gasteiger charge is 2.25. The van der Waals surface area contributed by atoms with E-state index in [4.69, 9.17) is 4.98 Å². The maximum atomic E-state index is 13.4. The third-order valence-electron chi connectivity index (χ3n) is 6.67. The summed E-state index contributed by atoms with van der Waals surface area (Å²) in [6.45, 7) is 3.39. The summed E-state index contributed by atoms with van der Waals surface area (Å²) >= 11 is 3.38. The fourth-order valence-electron chi connectivity index (χ4n) is 4.74. The van der Waals surface area contributed by atoms with Crippen LogP contribution in [0, 0.1) is 6.92 Å². The minimum Gasteiger partial charge on any atom is -0.307 e. The third kappa shape index (κ3) is 4.59. The van der Waals surface area contributed by atoms with Gasteiger partial charge in [-0.25, -0.2) is 9.97 Å². The molecule has 0 radical (unpaired) electrons. The van der Waals surface area contributed by atoms with Crippen molar-refractivity contribution in [3.63, 3.8) is 0 Å². The first-order valence-corrected chi connectivity index (χ1v) is 13.6. The monoisotopic (exact) mass is 498 g/mol. The fourth-order valence-corrected chi connectivity index (χ4v) is 6.76. The number of nitrogens with zero attached hydrogens (tertiary/aromatic N) is 3.